The summed E-state index contributed by atoms with van der Waals surface area (Å²) >= 11 is 0. The van der Waals surface area contributed by atoms with Crippen molar-refractivity contribution in [1.29, 1.82) is 0 Å². The molecule has 0 amide bonds. The predicted molar refractivity (Wildman–Crippen MR) is 145 cm³/mol. The molecule has 9 heteroatoms. The van der Waals surface area contributed by atoms with E-state index in [4.69, 9.17) is 18.9 Å². The summed E-state index contributed by atoms with van der Waals surface area (Å²) in [4.78, 5) is 0. The van der Waals surface area contributed by atoms with Crippen LogP contribution in [0.4, 0.5) is 22.0 Å². The van der Waals surface area contributed by atoms with Crippen LogP contribution in [0.15, 0.2) is 54.6 Å². The summed E-state index contributed by atoms with van der Waals surface area (Å²) in [6.07, 6.45) is -2.52. The maximum atomic E-state index is 14.8. The van der Waals surface area contributed by atoms with E-state index in [0.29, 0.717) is 50.0 Å². The molecule has 0 aliphatic heterocycles. The summed E-state index contributed by atoms with van der Waals surface area (Å²) in [5.74, 6) is -0.774. The third-order valence-corrected chi connectivity index (χ3v) is 6.36. The highest BCUT2D eigenvalue weighted by atomic mass is 19.4. The Morgan fingerprint density at radius 2 is 1.12 bits per heavy atom. The second-order valence-electron chi connectivity index (χ2n) is 9.37. The van der Waals surface area contributed by atoms with Gasteiger partial charge >= 0.3 is 6.18 Å². The first-order valence-corrected chi connectivity index (χ1v) is 13.2. The van der Waals surface area contributed by atoms with E-state index in [1.54, 1.807) is 24.3 Å². The zero-order valence-electron chi connectivity index (χ0n) is 22.8. The van der Waals surface area contributed by atoms with E-state index >= 15 is 0 Å². The monoisotopic (exact) mass is 566 g/mol. The third-order valence-electron chi connectivity index (χ3n) is 6.36. The van der Waals surface area contributed by atoms with E-state index in [1.807, 2.05) is 18.2 Å². The summed E-state index contributed by atoms with van der Waals surface area (Å²) in [7, 11) is 3.07. The van der Waals surface area contributed by atoms with E-state index in [-0.39, 0.29) is 31.1 Å². The lowest BCUT2D eigenvalue weighted by Crippen LogP contribution is -2.06. The minimum Gasteiger partial charge on any atom is -0.488 e. The van der Waals surface area contributed by atoms with Gasteiger partial charge in [-0.3, -0.25) is 0 Å². The summed E-state index contributed by atoms with van der Waals surface area (Å²) in [5, 5.41) is 0. The van der Waals surface area contributed by atoms with Crippen LogP contribution >= 0.6 is 0 Å². The van der Waals surface area contributed by atoms with E-state index < -0.39 is 24.2 Å². The van der Waals surface area contributed by atoms with Gasteiger partial charge in [-0.05, 0) is 71.3 Å². The SMILES string of the molecule is COCCOc1ccc(-c2ccc(-c3ccc(OCCOC)c(F)c3)c(CCCCCCC(F)(F)F)c2)cc1F. The molecule has 0 N–H and O–H groups in total. The Kier molecular flexibility index (Phi) is 12.2. The maximum Gasteiger partial charge on any atom is 0.389 e. The molecule has 218 valence electrons. The van der Waals surface area contributed by atoms with Crippen LogP contribution in [0.3, 0.4) is 0 Å². The minimum absolute atomic E-state index is 0.0875. The van der Waals surface area contributed by atoms with Gasteiger partial charge in [-0.25, -0.2) is 8.78 Å². The molecule has 0 bridgehead atoms. The molecule has 3 rings (SSSR count). The Hall–Kier alpha value is -3.17. The molecular weight excluding hydrogens is 531 g/mol. The van der Waals surface area contributed by atoms with Crippen molar-refractivity contribution in [3.05, 3.63) is 71.8 Å². The first-order chi connectivity index (χ1) is 19.2. The van der Waals surface area contributed by atoms with Gasteiger partial charge < -0.3 is 18.9 Å². The number of hydrogen-bond acceptors (Lipinski definition) is 4. The number of benzene rings is 3. The number of unbranched alkanes of at least 4 members (excludes halogenated alkanes) is 3. The van der Waals surface area contributed by atoms with Gasteiger partial charge in [0.25, 0.3) is 0 Å². The molecule has 0 unspecified atom stereocenters. The van der Waals surface area contributed by atoms with Gasteiger partial charge in [-0.1, -0.05) is 43.2 Å². The average molecular weight is 567 g/mol. The molecule has 0 aliphatic rings. The highest BCUT2D eigenvalue weighted by molar-refractivity contribution is 5.74. The lowest BCUT2D eigenvalue weighted by atomic mass is 9.91. The predicted octanol–water partition coefficient (Wildman–Crippen LogP) is 8.40. The lowest BCUT2D eigenvalue weighted by molar-refractivity contribution is -0.135. The van der Waals surface area contributed by atoms with Gasteiger partial charge in [-0.15, -0.1) is 0 Å². The number of hydrogen-bond donors (Lipinski definition) is 0. The van der Waals surface area contributed by atoms with Crippen LogP contribution in [0.2, 0.25) is 0 Å². The fraction of sp³-hybridized carbons (Fsp3) is 0.419. The molecule has 3 aromatic rings. The highest BCUT2D eigenvalue weighted by Gasteiger charge is 2.25. The molecule has 0 spiro atoms. The van der Waals surface area contributed by atoms with Gasteiger partial charge in [0.1, 0.15) is 13.2 Å². The normalized spacial score (nSPS) is 11.6. The van der Waals surface area contributed by atoms with Crippen molar-refractivity contribution >= 4 is 0 Å². The first-order valence-electron chi connectivity index (χ1n) is 13.2. The van der Waals surface area contributed by atoms with Crippen molar-refractivity contribution in [1.82, 2.24) is 0 Å². The number of halogens is 5. The highest BCUT2D eigenvalue weighted by Crippen LogP contribution is 2.34. The quantitative estimate of drug-likeness (QED) is 0.129. The van der Waals surface area contributed by atoms with Crippen LogP contribution in [0.25, 0.3) is 22.3 Å². The number of rotatable bonds is 16. The zero-order valence-corrected chi connectivity index (χ0v) is 22.8. The second kappa shape index (κ2) is 15.6. The Morgan fingerprint density at radius 1 is 0.600 bits per heavy atom. The molecule has 0 fully saturated rings. The Morgan fingerprint density at radius 3 is 1.70 bits per heavy atom. The molecule has 3 aromatic carbocycles. The number of ether oxygens (including phenoxy) is 4. The molecule has 0 aliphatic carbocycles. The third kappa shape index (κ3) is 9.78. The number of methoxy groups -OCH3 is 2. The van der Waals surface area contributed by atoms with Crippen molar-refractivity contribution in [3.63, 3.8) is 0 Å². The topological polar surface area (TPSA) is 36.9 Å². The van der Waals surface area contributed by atoms with Crippen molar-refractivity contribution in [2.24, 2.45) is 0 Å². The van der Waals surface area contributed by atoms with E-state index in [9.17, 15) is 22.0 Å². The second-order valence-corrected chi connectivity index (χ2v) is 9.37. The average Bonchev–Trinajstić information content (AvgIpc) is 2.92. The Balaban J connectivity index is 1.83. The van der Waals surface area contributed by atoms with Gasteiger partial charge in [-0.2, -0.15) is 13.2 Å². The Labute approximate surface area is 232 Å². The van der Waals surface area contributed by atoms with Gasteiger partial charge in [0.15, 0.2) is 23.1 Å². The maximum absolute atomic E-state index is 14.8. The fourth-order valence-electron chi connectivity index (χ4n) is 4.31. The van der Waals surface area contributed by atoms with E-state index in [0.717, 1.165) is 16.7 Å². The van der Waals surface area contributed by atoms with Crippen molar-refractivity contribution in [3.8, 4) is 33.8 Å². The number of aryl methyl sites for hydroxylation is 1. The number of alkyl halides is 3. The van der Waals surface area contributed by atoms with Crippen molar-refractivity contribution in [2.75, 3.05) is 40.6 Å². The van der Waals surface area contributed by atoms with Crippen LogP contribution < -0.4 is 9.47 Å². The molecule has 0 heterocycles. The summed E-state index contributed by atoms with van der Waals surface area (Å²) in [6, 6.07) is 15.1. The van der Waals surface area contributed by atoms with Gasteiger partial charge in [0, 0.05) is 20.6 Å². The standard InChI is InChI=1S/C31H35F5O4/c1-37-15-17-39-29-12-9-23(20-27(29)32)22-8-11-26(24(19-22)7-5-3-4-6-14-31(34,35)36)25-10-13-30(28(33)21-25)40-18-16-38-2/h8-13,19-21H,3-7,14-18H2,1-2H3. The molecule has 0 saturated carbocycles. The summed E-state index contributed by atoms with van der Waals surface area (Å²) < 4.78 is 87.6. The molecule has 40 heavy (non-hydrogen) atoms. The van der Waals surface area contributed by atoms with Crippen LogP contribution in [-0.4, -0.2) is 46.8 Å². The van der Waals surface area contributed by atoms with Crippen LogP contribution in [0, 0.1) is 11.6 Å². The lowest BCUT2D eigenvalue weighted by Gasteiger charge is -2.15. The largest absolute Gasteiger partial charge is 0.488 e. The Bertz CT molecular complexity index is 1210. The van der Waals surface area contributed by atoms with Gasteiger partial charge in [0.2, 0.25) is 0 Å². The molecule has 0 radical (unpaired) electrons. The van der Waals surface area contributed by atoms with Gasteiger partial charge in [0.05, 0.1) is 13.2 Å². The summed E-state index contributed by atoms with van der Waals surface area (Å²) in [6.45, 7) is 1.11. The minimum atomic E-state index is -4.15. The smallest absolute Gasteiger partial charge is 0.389 e. The fourth-order valence-corrected chi connectivity index (χ4v) is 4.31. The molecule has 4 nitrogen and oxygen atoms in total. The first kappa shape index (κ1) is 31.4. The summed E-state index contributed by atoms with van der Waals surface area (Å²) in [5.41, 5.74) is 3.73. The van der Waals surface area contributed by atoms with E-state index in [1.165, 1.54) is 26.4 Å². The van der Waals surface area contributed by atoms with Crippen LogP contribution in [-0.2, 0) is 15.9 Å². The van der Waals surface area contributed by atoms with E-state index in [2.05, 4.69) is 0 Å². The van der Waals surface area contributed by atoms with Crippen molar-refractivity contribution < 1.29 is 40.9 Å². The van der Waals surface area contributed by atoms with Crippen LogP contribution in [0.1, 0.15) is 37.7 Å². The molecule has 0 atom stereocenters. The zero-order chi connectivity index (χ0) is 29.0. The molecular formula is C31H35F5O4. The van der Waals surface area contributed by atoms with Crippen molar-refractivity contribution in [2.45, 2.75) is 44.7 Å². The molecule has 0 aromatic heterocycles. The van der Waals surface area contributed by atoms with Crippen LogP contribution in [0.5, 0.6) is 11.5 Å². The molecule has 0 saturated heterocycles.